The Hall–Kier alpha value is -2.78. The van der Waals surface area contributed by atoms with Gasteiger partial charge in [0.2, 0.25) is 10.0 Å². The fourth-order valence-corrected chi connectivity index (χ4v) is 3.08. The van der Waals surface area contributed by atoms with E-state index in [-0.39, 0.29) is 27.9 Å². The molecule has 0 spiro atoms. The number of phenols is 1. The molecule has 0 aliphatic rings. The van der Waals surface area contributed by atoms with Gasteiger partial charge in [-0.05, 0) is 42.8 Å². The van der Waals surface area contributed by atoms with Crippen LogP contribution < -0.4 is 15.4 Å². The number of carbonyl (C=O) groups excluding carboxylic acids is 2. The molecule has 10 heteroatoms. The van der Waals surface area contributed by atoms with Gasteiger partial charge in [-0.3, -0.25) is 14.3 Å². The topological polar surface area (TPSA) is 125 Å². The Morgan fingerprint density at radius 2 is 1.61 bits per heavy atom. The molecule has 2 aromatic rings. The number of amides is 2. The van der Waals surface area contributed by atoms with Crippen LogP contribution in [0.25, 0.3) is 0 Å². The third-order valence-electron chi connectivity index (χ3n) is 3.56. The number of anilines is 1. The lowest BCUT2D eigenvalue weighted by Gasteiger charge is -2.10. The van der Waals surface area contributed by atoms with Crippen molar-refractivity contribution in [3.8, 4) is 5.75 Å². The van der Waals surface area contributed by atoms with E-state index in [1.54, 1.807) is 12.1 Å². The molecule has 150 valence electrons. The lowest BCUT2D eigenvalue weighted by atomic mass is 10.2. The summed E-state index contributed by atoms with van der Waals surface area (Å²) in [6.45, 7) is 0.632. The van der Waals surface area contributed by atoms with E-state index in [0.29, 0.717) is 25.1 Å². The number of sulfonamides is 1. The quantitative estimate of drug-likeness (QED) is 0.481. The van der Waals surface area contributed by atoms with Gasteiger partial charge < -0.3 is 15.7 Å². The number of hydrogen-bond acceptors (Lipinski definition) is 5. The highest BCUT2D eigenvalue weighted by molar-refractivity contribution is 7.92. The monoisotopic (exact) mass is 425 g/mol. The highest BCUT2D eigenvalue weighted by atomic mass is 35.5. The number of carbonyl (C=O) groups is 2. The highest BCUT2D eigenvalue weighted by Gasteiger charge is 2.11. The van der Waals surface area contributed by atoms with Crippen molar-refractivity contribution in [3.63, 3.8) is 0 Å². The van der Waals surface area contributed by atoms with Crippen LogP contribution in [0, 0.1) is 0 Å². The maximum Gasteiger partial charge on any atom is 0.251 e. The summed E-state index contributed by atoms with van der Waals surface area (Å²) in [5.41, 5.74) is 0.714. The Morgan fingerprint density at radius 3 is 2.18 bits per heavy atom. The standard InChI is InChI=1S/C18H20ClN3O5S/c1-28(26,27)22-16-11-13(6-7-15(16)19)18(25)21-9-3-8-20-17(24)12-4-2-5-14(23)10-12/h2,4-7,10-11,22-23H,3,8-9H2,1H3,(H,20,24)(H,21,25). The molecule has 2 aromatic carbocycles. The largest absolute Gasteiger partial charge is 0.508 e. The van der Waals surface area contributed by atoms with E-state index in [4.69, 9.17) is 11.6 Å². The average Bonchev–Trinajstić information content (AvgIpc) is 2.61. The van der Waals surface area contributed by atoms with Gasteiger partial charge in [-0.2, -0.15) is 0 Å². The Labute approximate surface area is 168 Å². The Bertz CT molecular complexity index is 979. The number of hydrogen-bond donors (Lipinski definition) is 4. The van der Waals surface area contributed by atoms with Crippen molar-refractivity contribution in [1.82, 2.24) is 10.6 Å². The van der Waals surface area contributed by atoms with Gasteiger partial charge in [-0.15, -0.1) is 0 Å². The van der Waals surface area contributed by atoms with Crippen molar-refractivity contribution in [2.75, 3.05) is 24.1 Å². The van der Waals surface area contributed by atoms with Gasteiger partial charge in [-0.1, -0.05) is 17.7 Å². The Kier molecular flexibility index (Phi) is 7.24. The molecule has 0 saturated carbocycles. The lowest BCUT2D eigenvalue weighted by Crippen LogP contribution is -2.30. The summed E-state index contributed by atoms with van der Waals surface area (Å²) >= 11 is 5.93. The lowest BCUT2D eigenvalue weighted by molar-refractivity contribution is 0.0951. The van der Waals surface area contributed by atoms with Crippen LogP contribution in [0.15, 0.2) is 42.5 Å². The van der Waals surface area contributed by atoms with Gasteiger partial charge in [0.05, 0.1) is 17.0 Å². The summed E-state index contributed by atoms with van der Waals surface area (Å²) < 4.78 is 24.9. The van der Waals surface area contributed by atoms with Gasteiger partial charge in [-0.25, -0.2) is 8.42 Å². The highest BCUT2D eigenvalue weighted by Crippen LogP contribution is 2.23. The number of rotatable bonds is 8. The molecule has 28 heavy (non-hydrogen) atoms. The van der Waals surface area contributed by atoms with Crippen LogP contribution in [-0.4, -0.2) is 44.7 Å². The molecule has 0 bridgehead atoms. The normalized spacial score (nSPS) is 10.9. The van der Waals surface area contributed by atoms with Crippen molar-refractivity contribution in [1.29, 1.82) is 0 Å². The van der Waals surface area contributed by atoms with Gasteiger partial charge in [0.1, 0.15) is 5.75 Å². The van der Waals surface area contributed by atoms with E-state index in [1.807, 2.05) is 0 Å². The van der Waals surface area contributed by atoms with E-state index in [0.717, 1.165) is 6.26 Å². The average molecular weight is 426 g/mol. The first-order valence-electron chi connectivity index (χ1n) is 8.28. The molecule has 0 aromatic heterocycles. The van der Waals surface area contributed by atoms with Gasteiger partial charge in [0, 0.05) is 24.2 Å². The second kappa shape index (κ2) is 9.43. The minimum Gasteiger partial charge on any atom is -0.508 e. The summed E-state index contributed by atoms with van der Waals surface area (Å²) in [5, 5.41) is 14.9. The third-order valence-corrected chi connectivity index (χ3v) is 4.48. The van der Waals surface area contributed by atoms with Crippen molar-refractivity contribution < 1.29 is 23.1 Å². The molecule has 2 rings (SSSR count). The number of benzene rings is 2. The Morgan fingerprint density at radius 1 is 1.00 bits per heavy atom. The van der Waals surface area contributed by atoms with Crippen molar-refractivity contribution in [2.24, 2.45) is 0 Å². The SMILES string of the molecule is CS(=O)(=O)Nc1cc(C(=O)NCCCNC(=O)c2cccc(O)c2)ccc1Cl. The van der Waals surface area contributed by atoms with E-state index < -0.39 is 15.9 Å². The van der Waals surface area contributed by atoms with E-state index in [2.05, 4.69) is 15.4 Å². The number of phenolic OH excluding ortho intramolecular Hbond substituents is 1. The zero-order valence-corrected chi connectivity index (χ0v) is 16.6. The molecule has 0 saturated heterocycles. The molecular formula is C18H20ClN3O5S. The maximum absolute atomic E-state index is 12.2. The van der Waals surface area contributed by atoms with E-state index in [1.165, 1.54) is 30.3 Å². The molecule has 0 radical (unpaired) electrons. The van der Waals surface area contributed by atoms with Crippen LogP contribution in [0.5, 0.6) is 5.75 Å². The molecular weight excluding hydrogens is 406 g/mol. The van der Waals surface area contributed by atoms with Gasteiger partial charge in [0.25, 0.3) is 11.8 Å². The first-order chi connectivity index (χ1) is 13.2. The fourth-order valence-electron chi connectivity index (χ4n) is 2.29. The molecule has 0 unspecified atom stereocenters. The first kappa shape index (κ1) is 21.5. The molecule has 4 N–H and O–H groups in total. The summed E-state index contributed by atoms with van der Waals surface area (Å²) in [6.07, 6.45) is 1.47. The first-order valence-corrected chi connectivity index (χ1v) is 10.6. The fraction of sp³-hybridized carbons (Fsp3) is 0.222. The van der Waals surface area contributed by atoms with Crippen LogP contribution in [0.4, 0.5) is 5.69 Å². The summed E-state index contributed by atoms with van der Waals surface area (Å²) in [7, 11) is -3.52. The summed E-state index contributed by atoms with van der Waals surface area (Å²) in [6, 6.07) is 10.2. The van der Waals surface area contributed by atoms with Crippen LogP contribution in [-0.2, 0) is 10.0 Å². The molecule has 0 fully saturated rings. The molecule has 8 nitrogen and oxygen atoms in total. The smallest absolute Gasteiger partial charge is 0.251 e. The molecule has 2 amide bonds. The second-order valence-electron chi connectivity index (χ2n) is 5.98. The van der Waals surface area contributed by atoms with E-state index in [9.17, 15) is 23.1 Å². The number of nitrogens with one attached hydrogen (secondary N) is 3. The van der Waals surface area contributed by atoms with Crippen LogP contribution in [0.1, 0.15) is 27.1 Å². The van der Waals surface area contributed by atoms with Gasteiger partial charge >= 0.3 is 0 Å². The van der Waals surface area contributed by atoms with Crippen molar-refractivity contribution in [2.45, 2.75) is 6.42 Å². The Balaban J connectivity index is 1.81. The van der Waals surface area contributed by atoms with Crippen LogP contribution in [0.2, 0.25) is 5.02 Å². The van der Waals surface area contributed by atoms with Crippen LogP contribution >= 0.6 is 11.6 Å². The number of halogens is 1. The summed E-state index contributed by atoms with van der Waals surface area (Å²) in [5.74, 6) is -0.712. The minimum absolute atomic E-state index is 0.00705. The third kappa shape index (κ3) is 6.75. The number of aromatic hydroxyl groups is 1. The maximum atomic E-state index is 12.2. The molecule has 0 aliphatic heterocycles. The zero-order chi connectivity index (χ0) is 20.7. The predicted octanol–water partition coefficient (Wildman–Crippen LogP) is 1.97. The van der Waals surface area contributed by atoms with Crippen molar-refractivity contribution >= 4 is 39.1 Å². The molecule has 0 atom stereocenters. The van der Waals surface area contributed by atoms with E-state index >= 15 is 0 Å². The van der Waals surface area contributed by atoms with Crippen LogP contribution in [0.3, 0.4) is 0 Å². The second-order valence-corrected chi connectivity index (χ2v) is 8.14. The predicted molar refractivity (Wildman–Crippen MR) is 107 cm³/mol. The zero-order valence-electron chi connectivity index (χ0n) is 15.0. The molecule has 0 heterocycles. The van der Waals surface area contributed by atoms with Crippen molar-refractivity contribution in [3.05, 3.63) is 58.6 Å². The van der Waals surface area contributed by atoms with Gasteiger partial charge in [0.15, 0.2) is 0 Å². The summed E-state index contributed by atoms with van der Waals surface area (Å²) in [4.78, 5) is 24.1. The molecule has 0 aliphatic carbocycles. The minimum atomic E-state index is -3.52.